The van der Waals surface area contributed by atoms with Crippen molar-refractivity contribution in [2.24, 2.45) is 12.5 Å². The summed E-state index contributed by atoms with van der Waals surface area (Å²) in [6.07, 6.45) is 0. The average molecular weight is 286 g/mol. The van der Waals surface area contributed by atoms with E-state index in [9.17, 15) is 0 Å². The van der Waals surface area contributed by atoms with Gasteiger partial charge in [-0.2, -0.15) is 5.10 Å². The monoisotopic (exact) mass is 286 g/mol. The first kappa shape index (κ1) is 14.5. The van der Waals surface area contributed by atoms with Crippen molar-refractivity contribution in [3.8, 4) is 0 Å². The van der Waals surface area contributed by atoms with Gasteiger partial charge in [-0.15, -0.1) is 0 Å². The molecular formula is C17H26N4. The molecule has 3 rings (SSSR count). The highest BCUT2D eigenvalue weighted by Gasteiger charge is 2.29. The van der Waals surface area contributed by atoms with Gasteiger partial charge in [0.15, 0.2) is 0 Å². The predicted octanol–water partition coefficient (Wildman–Crippen LogP) is 2.39. The maximum atomic E-state index is 4.73. The lowest BCUT2D eigenvalue weighted by atomic mass is 9.85. The van der Waals surface area contributed by atoms with Crippen LogP contribution in [0.1, 0.15) is 26.5 Å². The van der Waals surface area contributed by atoms with Crippen molar-refractivity contribution in [2.75, 3.05) is 19.6 Å². The first-order chi connectivity index (χ1) is 9.95. The molecule has 4 heteroatoms. The van der Waals surface area contributed by atoms with E-state index in [1.165, 1.54) is 16.6 Å². The van der Waals surface area contributed by atoms with Crippen LogP contribution in [-0.4, -0.2) is 40.4 Å². The molecule has 1 aromatic heterocycles. The molecule has 1 fully saturated rings. The van der Waals surface area contributed by atoms with Crippen LogP contribution in [0, 0.1) is 5.41 Å². The molecule has 21 heavy (non-hydrogen) atoms. The minimum absolute atomic E-state index is 0.296. The molecule has 1 N–H and O–H groups in total. The fraction of sp³-hybridized carbons (Fsp3) is 0.588. The Hall–Kier alpha value is -1.39. The number of hydrogen-bond acceptors (Lipinski definition) is 3. The largest absolute Gasteiger partial charge is 0.311 e. The van der Waals surface area contributed by atoms with Gasteiger partial charge in [0.2, 0.25) is 0 Å². The molecule has 0 spiro atoms. The average Bonchev–Trinajstić information content (AvgIpc) is 2.76. The third-order valence-electron chi connectivity index (χ3n) is 4.51. The smallest absolute Gasteiger partial charge is 0.0843 e. The van der Waals surface area contributed by atoms with Crippen LogP contribution in [0.3, 0.4) is 0 Å². The van der Waals surface area contributed by atoms with Crippen molar-refractivity contribution in [1.29, 1.82) is 0 Å². The van der Waals surface area contributed by atoms with E-state index >= 15 is 0 Å². The number of nitrogens with one attached hydrogen (secondary N) is 1. The van der Waals surface area contributed by atoms with Crippen LogP contribution in [0.2, 0.25) is 0 Å². The van der Waals surface area contributed by atoms with E-state index in [4.69, 9.17) is 5.10 Å². The second kappa shape index (κ2) is 5.43. The molecule has 1 atom stereocenters. The summed E-state index contributed by atoms with van der Waals surface area (Å²) in [5.74, 6) is 0. The first-order valence-electron chi connectivity index (χ1n) is 7.81. The van der Waals surface area contributed by atoms with E-state index in [1.807, 2.05) is 11.7 Å². The topological polar surface area (TPSA) is 33.1 Å². The van der Waals surface area contributed by atoms with Crippen molar-refractivity contribution in [1.82, 2.24) is 20.0 Å². The van der Waals surface area contributed by atoms with Crippen LogP contribution >= 0.6 is 0 Å². The lowest BCUT2D eigenvalue weighted by Gasteiger charge is -2.40. The third kappa shape index (κ3) is 2.97. The van der Waals surface area contributed by atoms with Crippen molar-refractivity contribution in [3.63, 3.8) is 0 Å². The van der Waals surface area contributed by atoms with Gasteiger partial charge in [0.05, 0.1) is 11.2 Å². The number of para-hydroxylation sites is 1. The second-order valence-corrected chi connectivity index (χ2v) is 7.20. The lowest BCUT2D eigenvalue weighted by molar-refractivity contribution is 0.128. The summed E-state index contributed by atoms with van der Waals surface area (Å²) < 4.78 is 1.99. The number of hydrogen-bond donors (Lipinski definition) is 1. The molecule has 114 valence electrons. The molecule has 0 radical (unpaired) electrons. The molecule has 1 aliphatic rings. The Morgan fingerprint density at radius 1 is 1.29 bits per heavy atom. The Labute approximate surface area is 127 Å². The Balaban J connectivity index is 1.79. The summed E-state index contributed by atoms with van der Waals surface area (Å²) in [5, 5.41) is 9.66. The molecule has 0 bridgehead atoms. The Bertz CT molecular complexity index is 623. The maximum Gasteiger partial charge on any atom is 0.0843 e. The zero-order chi connectivity index (χ0) is 15.0. The maximum absolute atomic E-state index is 4.73. The Morgan fingerprint density at radius 3 is 2.81 bits per heavy atom. The van der Waals surface area contributed by atoms with Crippen molar-refractivity contribution >= 4 is 10.9 Å². The van der Waals surface area contributed by atoms with Gasteiger partial charge in [0.1, 0.15) is 0 Å². The molecule has 1 saturated heterocycles. The van der Waals surface area contributed by atoms with E-state index in [0.29, 0.717) is 11.5 Å². The molecule has 0 saturated carbocycles. The summed E-state index contributed by atoms with van der Waals surface area (Å²) >= 11 is 0. The van der Waals surface area contributed by atoms with E-state index in [-0.39, 0.29) is 0 Å². The number of piperazine rings is 1. The third-order valence-corrected chi connectivity index (χ3v) is 4.51. The highest BCUT2D eigenvalue weighted by molar-refractivity contribution is 5.81. The number of nitrogens with zero attached hydrogens (tertiary/aromatic N) is 3. The fourth-order valence-corrected chi connectivity index (χ4v) is 3.15. The SMILES string of the molecule is Cn1nc(CN2CCNC(C(C)(C)C)C2)c2ccccc21. The Morgan fingerprint density at radius 2 is 2.05 bits per heavy atom. The number of rotatable bonds is 2. The van der Waals surface area contributed by atoms with Crippen LogP contribution in [0.5, 0.6) is 0 Å². The highest BCUT2D eigenvalue weighted by atomic mass is 15.3. The molecular weight excluding hydrogens is 260 g/mol. The van der Waals surface area contributed by atoms with E-state index < -0.39 is 0 Å². The quantitative estimate of drug-likeness (QED) is 0.920. The van der Waals surface area contributed by atoms with Gasteiger partial charge < -0.3 is 5.32 Å². The number of aryl methyl sites for hydroxylation is 1. The second-order valence-electron chi connectivity index (χ2n) is 7.20. The van der Waals surface area contributed by atoms with Gasteiger partial charge in [-0.25, -0.2) is 0 Å². The normalized spacial score (nSPS) is 21.0. The van der Waals surface area contributed by atoms with Crippen LogP contribution in [-0.2, 0) is 13.6 Å². The van der Waals surface area contributed by atoms with Gasteiger partial charge in [-0.3, -0.25) is 9.58 Å². The molecule has 0 aliphatic carbocycles. The summed E-state index contributed by atoms with van der Waals surface area (Å²) in [6, 6.07) is 9.04. The van der Waals surface area contributed by atoms with Crippen LogP contribution in [0.4, 0.5) is 0 Å². The zero-order valence-electron chi connectivity index (χ0n) is 13.6. The summed E-state index contributed by atoms with van der Waals surface area (Å²) in [5.41, 5.74) is 2.71. The van der Waals surface area contributed by atoms with E-state index in [1.54, 1.807) is 0 Å². The molecule has 4 nitrogen and oxygen atoms in total. The van der Waals surface area contributed by atoms with Crippen molar-refractivity contribution in [3.05, 3.63) is 30.0 Å². The molecule has 1 aliphatic heterocycles. The molecule has 1 unspecified atom stereocenters. The number of benzene rings is 1. The minimum atomic E-state index is 0.296. The number of fused-ring (bicyclic) bond motifs is 1. The van der Waals surface area contributed by atoms with Crippen LogP contribution < -0.4 is 5.32 Å². The van der Waals surface area contributed by atoms with Gasteiger partial charge in [-0.05, 0) is 11.5 Å². The Kier molecular flexibility index (Phi) is 3.76. The van der Waals surface area contributed by atoms with Crippen molar-refractivity contribution < 1.29 is 0 Å². The molecule has 2 heterocycles. The van der Waals surface area contributed by atoms with Gasteiger partial charge >= 0.3 is 0 Å². The van der Waals surface area contributed by atoms with E-state index in [0.717, 1.165) is 26.2 Å². The predicted molar refractivity (Wildman–Crippen MR) is 87.2 cm³/mol. The molecule has 0 amide bonds. The lowest BCUT2D eigenvalue weighted by Crippen LogP contribution is -2.55. The standard InChI is InChI=1S/C17H26N4/c1-17(2,3)16-12-21(10-9-18-16)11-14-13-7-5-6-8-15(13)20(4)19-14/h5-8,16,18H,9-12H2,1-4H3. The zero-order valence-corrected chi connectivity index (χ0v) is 13.6. The van der Waals surface area contributed by atoms with Crippen LogP contribution in [0.25, 0.3) is 10.9 Å². The summed E-state index contributed by atoms with van der Waals surface area (Å²) in [6.45, 7) is 11.1. The van der Waals surface area contributed by atoms with Crippen molar-refractivity contribution in [2.45, 2.75) is 33.4 Å². The number of aromatic nitrogens is 2. The molecule has 1 aromatic carbocycles. The van der Waals surface area contributed by atoms with Gasteiger partial charge in [-0.1, -0.05) is 39.0 Å². The molecule has 2 aromatic rings. The summed E-state index contributed by atoms with van der Waals surface area (Å²) in [4.78, 5) is 2.53. The highest BCUT2D eigenvalue weighted by Crippen LogP contribution is 2.24. The van der Waals surface area contributed by atoms with Crippen LogP contribution in [0.15, 0.2) is 24.3 Å². The van der Waals surface area contributed by atoms with Gasteiger partial charge in [0.25, 0.3) is 0 Å². The van der Waals surface area contributed by atoms with E-state index in [2.05, 4.69) is 55.3 Å². The van der Waals surface area contributed by atoms with Gasteiger partial charge in [0, 0.05) is 44.7 Å². The first-order valence-corrected chi connectivity index (χ1v) is 7.81. The summed E-state index contributed by atoms with van der Waals surface area (Å²) in [7, 11) is 2.03. The minimum Gasteiger partial charge on any atom is -0.311 e. The fourth-order valence-electron chi connectivity index (χ4n) is 3.15.